The van der Waals surface area contributed by atoms with Crippen LogP contribution in [0.15, 0.2) is 30.3 Å². The van der Waals surface area contributed by atoms with Crippen LogP contribution in [0.5, 0.6) is 5.75 Å². The van der Waals surface area contributed by atoms with Gasteiger partial charge < -0.3 is 10.4 Å². The van der Waals surface area contributed by atoms with E-state index in [0.29, 0.717) is 20.8 Å². The number of aryl methyl sites for hydroxylation is 1. The largest absolute Gasteiger partial charge is 0.508 e. The van der Waals surface area contributed by atoms with Gasteiger partial charge in [-0.2, -0.15) is 0 Å². The minimum atomic E-state index is 0.157. The van der Waals surface area contributed by atoms with Crippen LogP contribution in [0, 0.1) is 0 Å². The lowest BCUT2D eigenvalue weighted by Crippen LogP contribution is -2.17. The summed E-state index contributed by atoms with van der Waals surface area (Å²) in [5.74, 6) is 0.307. The van der Waals surface area contributed by atoms with Gasteiger partial charge in [-0.05, 0) is 54.7 Å². The van der Waals surface area contributed by atoms with Gasteiger partial charge in [-0.3, -0.25) is 0 Å². The summed E-state index contributed by atoms with van der Waals surface area (Å²) in [6.07, 6.45) is 3.05. The van der Waals surface area contributed by atoms with E-state index < -0.39 is 0 Å². The van der Waals surface area contributed by atoms with Crippen molar-refractivity contribution in [2.45, 2.75) is 25.3 Å². The summed E-state index contributed by atoms with van der Waals surface area (Å²) in [7, 11) is 0. The fourth-order valence-corrected chi connectivity index (χ4v) is 3.37. The quantitative estimate of drug-likeness (QED) is 0.672. The van der Waals surface area contributed by atoms with Crippen LogP contribution in [0.1, 0.15) is 30.0 Å². The second kappa shape index (κ2) is 5.96. The maximum atomic E-state index is 9.60. The van der Waals surface area contributed by atoms with Crippen LogP contribution in [0.4, 0.5) is 5.69 Å². The molecule has 2 nitrogen and oxygen atoms in total. The Kier molecular flexibility index (Phi) is 4.21. The molecule has 2 aromatic carbocycles. The molecule has 3 rings (SSSR count). The third kappa shape index (κ3) is 3.08. The van der Waals surface area contributed by atoms with Crippen molar-refractivity contribution in [2.75, 3.05) is 5.32 Å². The number of phenols is 1. The van der Waals surface area contributed by atoms with E-state index in [4.69, 9.17) is 34.8 Å². The maximum Gasteiger partial charge on any atom is 0.115 e. The number of aromatic hydroxyl groups is 1. The van der Waals surface area contributed by atoms with E-state index in [2.05, 4.69) is 5.32 Å². The molecule has 0 radical (unpaired) electrons. The van der Waals surface area contributed by atoms with E-state index in [-0.39, 0.29) is 6.04 Å². The van der Waals surface area contributed by atoms with Gasteiger partial charge in [0.15, 0.2) is 0 Å². The van der Waals surface area contributed by atoms with Crippen molar-refractivity contribution in [3.05, 3.63) is 56.5 Å². The first-order valence-corrected chi connectivity index (χ1v) is 7.91. The fourth-order valence-electron chi connectivity index (χ4n) is 2.77. The smallest absolute Gasteiger partial charge is 0.115 e. The lowest BCUT2D eigenvalue weighted by molar-refractivity contribution is 0.472. The molecule has 1 unspecified atom stereocenters. The minimum Gasteiger partial charge on any atom is -0.508 e. The highest BCUT2D eigenvalue weighted by atomic mass is 35.5. The van der Waals surface area contributed by atoms with Crippen molar-refractivity contribution in [3.8, 4) is 5.75 Å². The van der Waals surface area contributed by atoms with Crippen molar-refractivity contribution >= 4 is 40.5 Å². The Morgan fingerprint density at radius 2 is 1.76 bits per heavy atom. The number of phenolic OH excluding ortho intramolecular Hbond substituents is 1. The first kappa shape index (κ1) is 14.8. The lowest BCUT2D eigenvalue weighted by atomic mass is 9.87. The average Bonchev–Trinajstić information content (AvgIpc) is 2.44. The van der Waals surface area contributed by atoms with Gasteiger partial charge in [-0.15, -0.1) is 0 Å². The van der Waals surface area contributed by atoms with Crippen molar-refractivity contribution in [2.24, 2.45) is 0 Å². The van der Waals surface area contributed by atoms with E-state index in [1.54, 1.807) is 18.2 Å². The average molecular weight is 343 g/mol. The van der Waals surface area contributed by atoms with Gasteiger partial charge in [0.25, 0.3) is 0 Å². The zero-order chi connectivity index (χ0) is 15.0. The summed E-state index contributed by atoms with van der Waals surface area (Å²) < 4.78 is 0. The lowest BCUT2D eigenvalue weighted by Gasteiger charge is -2.28. The minimum absolute atomic E-state index is 0.157. The van der Waals surface area contributed by atoms with E-state index in [1.807, 2.05) is 12.1 Å². The van der Waals surface area contributed by atoms with E-state index >= 15 is 0 Å². The van der Waals surface area contributed by atoms with E-state index in [1.165, 1.54) is 11.1 Å². The molecule has 0 aliphatic heterocycles. The Balaban J connectivity index is 1.92. The molecule has 21 heavy (non-hydrogen) atoms. The second-order valence-electron chi connectivity index (χ2n) is 5.22. The number of halogens is 3. The molecule has 0 bridgehead atoms. The molecule has 1 atom stereocenters. The molecule has 1 aliphatic rings. The third-order valence-corrected chi connectivity index (χ3v) is 4.82. The van der Waals surface area contributed by atoms with Crippen molar-refractivity contribution in [1.29, 1.82) is 0 Å². The summed E-state index contributed by atoms with van der Waals surface area (Å²) >= 11 is 18.2. The molecule has 0 heterocycles. The normalized spacial score (nSPS) is 17.4. The van der Waals surface area contributed by atoms with Gasteiger partial charge in [-0.1, -0.05) is 40.9 Å². The number of anilines is 1. The molecule has 1 aliphatic carbocycles. The van der Waals surface area contributed by atoms with Gasteiger partial charge in [-0.25, -0.2) is 0 Å². The van der Waals surface area contributed by atoms with Crippen molar-refractivity contribution in [1.82, 2.24) is 0 Å². The number of hydrogen-bond acceptors (Lipinski definition) is 2. The monoisotopic (exact) mass is 341 g/mol. The summed E-state index contributed by atoms with van der Waals surface area (Å²) in [5.41, 5.74) is 3.15. The standard InChI is InChI=1S/C16H14Cl3NO/c17-12-7-14(19)16(8-13(12)18)20-15-3-1-2-9-6-10(21)4-5-11(9)15/h4-8,15,20-21H,1-3H2. The Bertz CT molecular complexity index is 687. The number of benzene rings is 2. The molecule has 0 saturated carbocycles. The topological polar surface area (TPSA) is 32.3 Å². The zero-order valence-electron chi connectivity index (χ0n) is 11.2. The molecule has 5 heteroatoms. The van der Waals surface area contributed by atoms with Crippen molar-refractivity contribution < 1.29 is 5.11 Å². The van der Waals surface area contributed by atoms with Gasteiger partial charge in [0.1, 0.15) is 5.75 Å². The molecule has 0 amide bonds. The van der Waals surface area contributed by atoms with E-state index in [9.17, 15) is 5.11 Å². The first-order chi connectivity index (χ1) is 10.0. The van der Waals surface area contributed by atoms with Gasteiger partial charge >= 0.3 is 0 Å². The number of fused-ring (bicyclic) bond motifs is 1. The zero-order valence-corrected chi connectivity index (χ0v) is 13.4. The third-order valence-electron chi connectivity index (χ3n) is 3.78. The predicted molar refractivity (Wildman–Crippen MR) is 88.9 cm³/mol. The predicted octanol–water partition coefficient (Wildman–Crippen LogP) is 5.84. The van der Waals surface area contributed by atoms with Gasteiger partial charge in [0.05, 0.1) is 26.8 Å². The van der Waals surface area contributed by atoms with Crippen LogP contribution in [0.3, 0.4) is 0 Å². The molecule has 0 aromatic heterocycles. The maximum absolute atomic E-state index is 9.60. The number of nitrogens with one attached hydrogen (secondary N) is 1. The Hall–Kier alpha value is -1.09. The number of rotatable bonds is 2. The Morgan fingerprint density at radius 1 is 1.00 bits per heavy atom. The molecule has 2 N–H and O–H groups in total. The summed E-state index contributed by atoms with van der Waals surface area (Å²) in [6.45, 7) is 0. The molecule has 2 aromatic rings. The Morgan fingerprint density at radius 3 is 2.57 bits per heavy atom. The van der Waals surface area contributed by atoms with E-state index in [0.717, 1.165) is 24.9 Å². The summed E-state index contributed by atoms with van der Waals surface area (Å²) in [4.78, 5) is 0. The summed E-state index contributed by atoms with van der Waals surface area (Å²) in [5, 5.41) is 14.5. The van der Waals surface area contributed by atoms with Crippen LogP contribution in [-0.4, -0.2) is 5.11 Å². The van der Waals surface area contributed by atoms with Crippen LogP contribution < -0.4 is 5.32 Å². The van der Waals surface area contributed by atoms with Crippen LogP contribution in [0.25, 0.3) is 0 Å². The van der Waals surface area contributed by atoms with Crippen LogP contribution >= 0.6 is 34.8 Å². The SMILES string of the molecule is Oc1ccc2c(c1)CCCC2Nc1cc(Cl)c(Cl)cc1Cl. The molecule has 0 fully saturated rings. The molecular weight excluding hydrogens is 329 g/mol. The van der Waals surface area contributed by atoms with Gasteiger partial charge in [0, 0.05) is 0 Å². The molecule has 110 valence electrons. The van der Waals surface area contributed by atoms with Crippen LogP contribution in [-0.2, 0) is 6.42 Å². The molecule has 0 saturated heterocycles. The van der Waals surface area contributed by atoms with Gasteiger partial charge in [0.2, 0.25) is 0 Å². The highest BCUT2D eigenvalue weighted by molar-refractivity contribution is 6.44. The fraction of sp³-hybridized carbons (Fsp3) is 0.250. The first-order valence-electron chi connectivity index (χ1n) is 6.77. The van der Waals surface area contributed by atoms with Crippen molar-refractivity contribution in [3.63, 3.8) is 0 Å². The van der Waals surface area contributed by atoms with Crippen LogP contribution in [0.2, 0.25) is 15.1 Å². The second-order valence-corrected chi connectivity index (χ2v) is 6.44. The molecular formula is C16H14Cl3NO. The highest BCUT2D eigenvalue weighted by Crippen LogP contribution is 2.38. The summed E-state index contributed by atoms with van der Waals surface area (Å²) in [6, 6.07) is 9.07. The Labute approximate surface area is 138 Å². The number of hydrogen-bond donors (Lipinski definition) is 2. The highest BCUT2D eigenvalue weighted by Gasteiger charge is 2.21. The molecule has 0 spiro atoms.